The second kappa shape index (κ2) is 6.99. The van der Waals surface area contributed by atoms with E-state index in [2.05, 4.69) is 20.0 Å². The van der Waals surface area contributed by atoms with Crippen LogP contribution in [0, 0.1) is 11.3 Å². The highest BCUT2D eigenvalue weighted by Gasteiger charge is 2.38. The molecule has 7 nitrogen and oxygen atoms in total. The summed E-state index contributed by atoms with van der Waals surface area (Å²) in [6.45, 7) is 0.166. The summed E-state index contributed by atoms with van der Waals surface area (Å²) >= 11 is 0. The van der Waals surface area contributed by atoms with Crippen LogP contribution in [0.1, 0.15) is 11.5 Å². The van der Waals surface area contributed by atoms with Gasteiger partial charge >= 0.3 is 18.1 Å². The maximum atomic E-state index is 12.4. The number of alkyl halides is 3. The number of benzene rings is 1. The zero-order valence-electron chi connectivity index (χ0n) is 12.5. The molecule has 0 bridgehead atoms. The van der Waals surface area contributed by atoms with E-state index in [0.29, 0.717) is 5.56 Å². The molecule has 24 heavy (non-hydrogen) atoms. The molecule has 1 N–H and O–H groups in total. The molecule has 0 fully saturated rings. The zero-order valence-corrected chi connectivity index (χ0v) is 12.5. The van der Waals surface area contributed by atoms with E-state index in [0.717, 1.165) is 5.56 Å². The molecular formula is C14H12F3N5O2. The molecule has 0 saturated carbocycles. The minimum atomic E-state index is -4.69. The van der Waals surface area contributed by atoms with Crippen LogP contribution in [0.25, 0.3) is 11.4 Å². The Morgan fingerprint density at radius 2 is 2.04 bits per heavy atom. The van der Waals surface area contributed by atoms with Gasteiger partial charge in [0.15, 0.2) is 0 Å². The summed E-state index contributed by atoms with van der Waals surface area (Å²) in [5.41, 5.74) is 1.07. The van der Waals surface area contributed by atoms with Gasteiger partial charge < -0.3 is 14.7 Å². The van der Waals surface area contributed by atoms with E-state index in [4.69, 9.17) is 5.26 Å². The van der Waals surface area contributed by atoms with Crippen LogP contribution in [-0.4, -0.2) is 34.7 Å². The average molecular weight is 339 g/mol. The lowest BCUT2D eigenvalue weighted by Gasteiger charge is -2.14. The summed E-state index contributed by atoms with van der Waals surface area (Å²) in [4.78, 5) is 16.1. The lowest BCUT2D eigenvalue weighted by atomic mass is 10.1. The fourth-order valence-corrected chi connectivity index (χ4v) is 1.72. The number of nitriles is 1. The fraction of sp³-hybridized carbons (Fsp3) is 0.286. The number of hydrogen-bond acceptors (Lipinski definition) is 5. The van der Waals surface area contributed by atoms with E-state index in [1.165, 1.54) is 24.1 Å². The second-order valence-electron chi connectivity index (χ2n) is 4.79. The third-order valence-corrected chi connectivity index (χ3v) is 2.98. The van der Waals surface area contributed by atoms with Crippen LogP contribution in [0.4, 0.5) is 18.0 Å². The van der Waals surface area contributed by atoms with Crippen molar-refractivity contribution < 1.29 is 22.5 Å². The molecule has 2 rings (SSSR count). The van der Waals surface area contributed by atoms with Crippen LogP contribution in [-0.2, 0) is 12.7 Å². The predicted octanol–water partition coefficient (Wildman–Crippen LogP) is 2.42. The van der Waals surface area contributed by atoms with Gasteiger partial charge in [-0.15, -0.1) is 0 Å². The van der Waals surface area contributed by atoms with Gasteiger partial charge in [-0.05, 0) is 5.56 Å². The van der Waals surface area contributed by atoms with E-state index in [-0.39, 0.29) is 18.9 Å². The van der Waals surface area contributed by atoms with Crippen molar-refractivity contribution in [3.05, 3.63) is 35.7 Å². The van der Waals surface area contributed by atoms with E-state index >= 15 is 0 Å². The molecule has 0 unspecified atom stereocenters. The van der Waals surface area contributed by atoms with Crippen LogP contribution in [0.15, 0.2) is 28.8 Å². The summed E-state index contributed by atoms with van der Waals surface area (Å²) in [5, 5.41) is 14.4. The summed E-state index contributed by atoms with van der Waals surface area (Å²) in [6, 6.07) is 7.71. The molecule has 0 aliphatic heterocycles. The Morgan fingerprint density at radius 3 is 2.58 bits per heavy atom. The molecule has 1 aromatic carbocycles. The van der Waals surface area contributed by atoms with Crippen molar-refractivity contribution in [2.45, 2.75) is 12.7 Å². The predicted molar refractivity (Wildman–Crippen MR) is 75.2 cm³/mol. The minimum absolute atomic E-state index is 0.0376. The number of aromatic nitrogens is 2. The van der Waals surface area contributed by atoms with Crippen molar-refractivity contribution >= 4 is 6.03 Å². The van der Waals surface area contributed by atoms with Gasteiger partial charge in [-0.2, -0.15) is 23.4 Å². The molecule has 2 aromatic rings. The van der Waals surface area contributed by atoms with Crippen LogP contribution < -0.4 is 5.32 Å². The Hall–Kier alpha value is -3.09. The Labute approximate surface area is 134 Å². The van der Waals surface area contributed by atoms with Gasteiger partial charge in [0.2, 0.25) is 5.82 Å². The van der Waals surface area contributed by atoms with Gasteiger partial charge in [0.1, 0.15) is 6.54 Å². The van der Waals surface area contributed by atoms with Crippen LogP contribution in [0.2, 0.25) is 0 Å². The molecule has 1 aromatic heterocycles. The van der Waals surface area contributed by atoms with Gasteiger partial charge in [-0.3, -0.25) is 0 Å². The van der Waals surface area contributed by atoms with Crippen molar-refractivity contribution in [2.75, 3.05) is 13.6 Å². The zero-order chi connectivity index (χ0) is 17.7. The van der Waals surface area contributed by atoms with Crippen LogP contribution in [0.5, 0.6) is 0 Å². The number of carbonyl (C=O) groups excluding carboxylic acids is 1. The second-order valence-corrected chi connectivity index (χ2v) is 4.79. The highest BCUT2D eigenvalue weighted by molar-refractivity contribution is 5.74. The first-order valence-corrected chi connectivity index (χ1v) is 6.67. The quantitative estimate of drug-likeness (QED) is 0.863. The first-order chi connectivity index (χ1) is 11.3. The van der Waals surface area contributed by atoms with Gasteiger partial charge in [0.05, 0.1) is 6.07 Å². The fourth-order valence-electron chi connectivity index (χ4n) is 1.72. The van der Waals surface area contributed by atoms with Crippen molar-refractivity contribution in [2.24, 2.45) is 0 Å². The molecule has 10 heteroatoms. The highest BCUT2D eigenvalue weighted by atomic mass is 19.4. The molecule has 0 spiro atoms. The average Bonchev–Trinajstić information content (AvgIpc) is 3.03. The third kappa shape index (κ3) is 4.22. The molecule has 126 valence electrons. The lowest BCUT2D eigenvalue weighted by molar-refractivity contribution is -0.159. The molecule has 0 saturated heterocycles. The molecule has 0 aliphatic carbocycles. The Morgan fingerprint density at radius 1 is 1.38 bits per heavy atom. The Balaban J connectivity index is 2.00. The van der Waals surface area contributed by atoms with Crippen LogP contribution in [0.3, 0.4) is 0 Å². The van der Waals surface area contributed by atoms with E-state index in [1.807, 2.05) is 6.07 Å². The third-order valence-electron chi connectivity index (χ3n) is 2.98. The number of rotatable bonds is 4. The highest BCUT2D eigenvalue weighted by Crippen LogP contribution is 2.29. The standard InChI is InChI=1S/C14H12F3N5O2/c1-22(7-6-18)13(23)19-8-9-2-4-10(5-3-9)11-20-12(24-21-11)14(15,16)17/h2-5H,7-8H2,1H3,(H,19,23). The normalized spacial score (nSPS) is 11.0. The van der Waals surface area contributed by atoms with Gasteiger partial charge in [-0.1, -0.05) is 29.4 Å². The lowest BCUT2D eigenvalue weighted by Crippen LogP contribution is -2.36. The topological polar surface area (TPSA) is 95.1 Å². The Bertz CT molecular complexity index is 749. The number of halogens is 3. The number of amides is 2. The summed E-state index contributed by atoms with van der Waals surface area (Å²) in [7, 11) is 1.48. The van der Waals surface area contributed by atoms with Gasteiger partial charge in [-0.25, -0.2) is 4.79 Å². The number of carbonyl (C=O) groups is 1. The number of hydrogen-bond donors (Lipinski definition) is 1. The van der Waals surface area contributed by atoms with Crippen molar-refractivity contribution in [1.29, 1.82) is 5.26 Å². The number of urea groups is 1. The van der Waals surface area contributed by atoms with E-state index < -0.39 is 18.1 Å². The maximum Gasteiger partial charge on any atom is 0.471 e. The smallest absolute Gasteiger partial charge is 0.334 e. The number of nitrogens with one attached hydrogen (secondary N) is 1. The first kappa shape index (κ1) is 17.3. The number of nitrogens with zero attached hydrogens (tertiary/aromatic N) is 4. The summed E-state index contributed by atoms with van der Waals surface area (Å²) < 4.78 is 41.4. The molecular weight excluding hydrogens is 327 g/mol. The molecule has 1 heterocycles. The van der Waals surface area contributed by atoms with E-state index in [1.54, 1.807) is 12.1 Å². The Kier molecular flexibility index (Phi) is 5.03. The van der Waals surface area contributed by atoms with Crippen molar-refractivity contribution in [1.82, 2.24) is 20.4 Å². The summed E-state index contributed by atoms with van der Waals surface area (Å²) in [6.07, 6.45) is -4.69. The molecule has 0 radical (unpaired) electrons. The van der Waals surface area contributed by atoms with Crippen molar-refractivity contribution in [3.63, 3.8) is 0 Å². The van der Waals surface area contributed by atoms with E-state index in [9.17, 15) is 18.0 Å². The largest absolute Gasteiger partial charge is 0.471 e. The van der Waals surface area contributed by atoms with Crippen molar-refractivity contribution in [3.8, 4) is 17.5 Å². The van der Waals surface area contributed by atoms with Gasteiger partial charge in [0, 0.05) is 19.2 Å². The monoisotopic (exact) mass is 339 g/mol. The minimum Gasteiger partial charge on any atom is -0.334 e. The van der Waals surface area contributed by atoms with Crippen LogP contribution >= 0.6 is 0 Å². The molecule has 2 amide bonds. The maximum absolute atomic E-state index is 12.4. The SMILES string of the molecule is CN(CC#N)C(=O)NCc1ccc(-c2noc(C(F)(F)F)n2)cc1. The van der Waals surface area contributed by atoms with Gasteiger partial charge in [0.25, 0.3) is 0 Å². The molecule has 0 aliphatic rings. The molecule has 0 atom stereocenters. The first-order valence-electron chi connectivity index (χ1n) is 6.67. The summed E-state index contributed by atoms with van der Waals surface area (Å²) in [5.74, 6) is -1.58.